The van der Waals surface area contributed by atoms with E-state index in [0.717, 1.165) is 5.71 Å². The fraction of sp³-hybridized carbons (Fsp3) is 0.375. The molecule has 0 aliphatic carbocycles. The summed E-state index contributed by atoms with van der Waals surface area (Å²) in [5.41, 5.74) is 7.22. The quantitative estimate of drug-likeness (QED) is 0.335. The van der Waals surface area contributed by atoms with Gasteiger partial charge in [-0.05, 0) is 51.2 Å². The van der Waals surface area contributed by atoms with Crippen LogP contribution in [0.25, 0.3) is 0 Å². The van der Waals surface area contributed by atoms with Crippen LogP contribution in [0.15, 0.2) is 52.3 Å². The summed E-state index contributed by atoms with van der Waals surface area (Å²) < 4.78 is 20.5. The summed E-state index contributed by atoms with van der Waals surface area (Å²) in [6.45, 7) is 5.62. The standard InChI is InChI=1S/C24H32FN5O3/c1-4-6-18(28-5-2)11-14-30-21(16-33-19-9-7-17(25)8-10-19)23(20(26)15-22(30)31)24(32)29-13-12-27-3/h4,6-10,15,27H,5,11-14,16,26H2,1-3H3,(H,29,32)/b6-4-,28-18?. The Kier molecular flexibility index (Phi) is 10.3. The third-order valence-electron chi connectivity index (χ3n) is 4.84. The molecule has 9 heteroatoms. The predicted molar refractivity (Wildman–Crippen MR) is 130 cm³/mol. The van der Waals surface area contributed by atoms with Gasteiger partial charge in [0.2, 0.25) is 0 Å². The lowest BCUT2D eigenvalue weighted by Crippen LogP contribution is -2.35. The van der Waals surface area contributed by atoms with Gasteiger partial charge in [0.1, 0.15) is 18.2 Å². The number of hydrogen-bond acceptors (Lipinski definition) is 6. The summed E-state index contributed by atoms with van der Waals surface area (Å²) in [4.78, 5) is 30.3. The molecule has 0 aliphatic heterocycles. The molecular formula is C24H32FN5O3. The molecule has 0 fully saturated rings. The number of nitrogens with two attached hydrogens (primary N) is 1. The summed E-state index contributed by atoms with van der Waals surface area (Å²) in [6, 6.07) is 6.76. The zero-order valence-corrected chi connectivity index (χ0v) is 19.4. The molecule has 2 rings (SSSR count). The van der Waals surface area contributed by atoms with Crippen molar-refractivity contribution in [3.8, 4) is 5.75 Å². The number of carbonyl (C=O) groups is 1. The number of amides is 1. The van der Waals surface area contributed by atoms with Crippen LogP contribution in [-0.4, -0.2) is 42.9 Å². The van der Waals surface area contributed by atoms with Gasteiger partial charge in [0.05, 0.1) is 16.9 Å². The van der Waals surface area contributed by atoms with Gasteiger partial charge in [0.15, 0.2) is 0 Å². The van der Waals surface area contributed by atoms with Crippen LogP contribution in [0.4, 0.5) is 10.1 Å². The normalized spacial score (nSPS) is 11.7. The van der Waals surface area contributed by atoms with Gasteiger partial charge < -0.3 is 25.7 Å². The van der Waals surface area contributed by atoms with Gasteiger partial charge in [-0.2, -0.15) is 0 Å². The third kappa shape index (κ3) is 7.57. The molecule has 0 saturated heterocycles. The SMILES string of the molecule is C/C=C\C(CCn1c(COc2ccc(F)cc2)c(C(=O)NCCNC)c(N)cc1=O)=NCC. The van der Waals surface area contributed by atoms with E-state index < -0.39 is 5.91 Å². The largest absolute Gasteiger partial charge is 0.487 e. The van der Waals surface area contributed by atoms with E-state index in [4.69, 9.17) is 10.5 Å². The molecule has 0 aliphatic rings. The Morgan fingerprint density at radius 3 is 2.64 bits per heavy atom. The monoisotopic (exact) mass is 457 g/mol. The Balaban J connectivity index is 2.45. The number of anilines is 1. The second-order valence-electron chi connectivity index (χ2n) is 7.23. The van der Waals surface area contributed by atoms with Crippen LogP contribution in [-0.2, 0) is 13.2 Å². The number of carbonyl (C=O) groups excluding carboxylic acids is 1. The van der Waals surface area contributed by atoms with Crippen LogP contribution in [0.1, 0.15) is 36.3 Å². The van der Waals surface area contributed by atoms with E-state index in [2.05, 4.69) is 15.6 Å². The maximum atomic E-state index is 13.2. The minimum Gasteiger partial charge on any atom is -0.487 e. The highest BCUT2D eigenvalue weighted by Crippen LogP contribution is 2.19. The van der Waals surface area contributed by atoms with Crippen LogP contribution in [0.2, 0.25) is 0 Å². The molecule has 8 nitrogen and oxygen atoms in total. The first kappa shape index (κ1) is 25.8. The molecule has 2 aromatic rings. The number of hydrogen-bond donors (Lipinski definition) is 3. The molecule has 0 spiro atoms. The van der Waals surface area contributed by atoms with Gasteiger partial charge in [-0.1, -0.05) is 6.08 Å². The third-order valence-corrected chi connectivity index (χ3v) is 4.84. The number of nitrogens with zero attached hydrogens (tertiary/aromatic N) is 2. The molecule has 1 aromatic carbocycles. The molecule has 0 atom stereocenters. The number of allylic oxidation sites excluding steroid dienone is 2. The van der Waals surface area contributed by atoms with Gasteiger partial charge in [-0.25, -0.2) is 4.39 Å². The summed E-state index contributed by atoms with van der Waals surface area (Å²) in [7, 11) is 1.78. The first-order valence-corrected chi connectivity index (χ1v) is 10.9. The van der Waals surface area contributed by atoms with Crippen molar-refractivity contribution in [1.82, 2.24) is 15.2 Å². The van der Waals surface area contributed by atoms with Gasteiger partial charge in [-0.15, -0.1) is 0 Å². The zero-order chi connectivity index (χ0) is 24.2. The summed E-state index contributed by atoms with van der Waals surface area (Å²) in [6.07, 6.45) is 4.28. The molecule has 33 heavy (non-hydrogen) atoms. The lowest BCUT2D eigenvalue weighted by atomic mass is 10.1. The van der Waals surface area contributed by atoms with Crippen LogP contribution in [0.3, 0.4) is 0 Å². The van der Waals surface area contributed by atoms with Crippen molar-refractivity contribution in [1.29, 1.82) is 0 Å². The highest BCUT2D eigenvalue weighted by molar-refractivity contribution is 6.00. The van der Waals surface area contributed by atoms with E-state index in [1.807, 2.05) is 26.0 Å². The van der Waals surface area contributed by atoms with E-state index in [9.17, 15) is 14.0 Å². The van der Waals surface area contributed by atoms with Crippen molar-refractivity contribution >= 4 is 17.3 Å². The van der Waals surface area contributed by atoms with Crippen molar-refractivity contribution in [2.24, 2.45) is 4.99 Å². The topological polar surface area (TPSA) is 111 Å². The number of likely N-dealkylation sites (N-methyl/N-ethyl adjacent to an activating group) is 1. The molecule has 1 heterocycles. The number of nitrogen functional groups attached to an aromatic ring is 1. The van der Waals surface area contributed by atoms with Gasteiger partial charge in [0.25, 0.3) is 11.5 Å². The zero-order valence-electron chi connectivity index (χ0n) is 19.4. The highest BCUT2D eigenvalue weighted by Gasteiger charge is 2.21. The van der Waals surface area contributed by atoms with Crippen LogP contribution in [0, 0.1) is 5.82 Å². The molecule has 1 aromatic heterocycles. The van der Waals surface area contributed by atoms with Gasteiger partial charge in [-0.3, -0.25) is 14.6 Å². The molecule has 0 radical (unpaired) electrons. The maximum Gasteiger partial charge on any atom is 0.255 e. The molecular weight excluding hydrogens is 425 g/mol. The van der Waals surface area contributed by atoms with Crippen LogP contribution in [0.5, 0.6) is 5.75 Å². The Morgan fingerprint density at radius 2 is 2.00 bits per heavy atom. The Labute approximate surface area is 193 Å². The molecule has 1 amide bonds. The number of halogens is 1. The molecule has 4 N–H and O–H groups in total. The average molecular weight is 458 g/mol. The second kappa shape index (κ2) is 13.2. The summed E-state index contributed by atoms with van der Waals surface area (Å²) in [5, 5.41) is 5.76. The summed E-state index contributed by atoms with van der Waals surface area (Å²) >= 11 is 0. The van der Waals surface area contributed by atoms with E-state index in [0.29, 0.717) is 44.0 Å². The highest BCUT2D eigenvalue weighted by atomic mass is 19.1. The Morgan fingerprint density at radius 1 is 1.27 bits per heavy atom. The van der Waals surface area contributed by atoms with E-state index in [1.54, 1.807) is 7.05 Å². The smallest absolute Gasteiger partial charge is 0.255 e. The molecule has 178 valence electrons. The maximum absolute atomic E-state index is 13.2. The van der Waals surface area contributed by atoms with Gasteiger partial charge in [0, 0.05) is 44.4 Å². The van der Waals surface area contributed by atoms with Crippen LogP contribution >= 0.6 is 0 Å². The van der Waals surface area contributed by atoms with Crippen molar-refractivity contribution < 1.29 is 13.9 Å². The lowest BCUT2D eigenvalue weighted by molar-refractivity contribution is 0.0951. The first-order valence-electron chi connectivity index (χ1n) is 10.9. The fourth-order valence-electron chi connectivity index (χ4n) is 3.28. The predicted octanol–water partition coefficient (Wildman–Crippen LogP) is 2.52. The molecule has 0 bridgehead atoms. The molecule has 0 unspecified atom stereocenters. The number of benzene rings is 1. The van der Waals surface area contributed by atoms with Crippen molar-refractivity contribution in [2.45, 2.75) is 33.4 Å². The number of aliphatic imine (C=N–C) groups is 1. The Hall–Kier alpha value is -3.46. The number of rotatable bonds is 12. The minimum atomic E-state index is -0.398. The van der Waals surface area contributed by atoms with Crippen molar-refractivity contribution in [2.75, 3.05) is 32.4 Å². The number of aromatic nitrogens is 1. The number of ether oxygens (including phenoxy) is 1. The molecule has 0 saturated carbocycles. The van der Waals surface area contributed by atoms with E-state index in [-0.39, 0.29) is 29.2 Å². The van der Waals surface area contributed by atoms with Gasteiger partial charge >= 0.3 is 0 Å². The fourth-order valence-corrected chi connectivity index (χ4v) is 3.28. The van der Waals surface area contributed by atoms with Crippen molar-refractivity contribution in [3.63, 3.8) is 0 Å². The van der Waals surface area contributed by atoms with E-state index in [1.165, 1.54) is 34.9 Å². The minimum absolute atomic E-state index is 0.0758. The number of nitrogens with one attached hydrogen (secondary N) is 2. The van der Waals surface area contributed by atoms with Crippen molar-refractivity contribution in [3.05, 3.63) is 69.9 Å². The lowest BCUT2D eigenvalue weighted by Gasteiger charge is -2.19. The van der Waals surface area contributed by atoms with E-state index >= 15 is 0 Å². The first-order chi connectivity index (χ1) is 15.9. The Bertz CT molecular complexity index is 1050. The second-order valence-corrected chi connectivity index (χ2v) is 7.23. The number of pyridine rings is 1. The van der Waals surface area contributed by atoms with Crippen LogP contribution < -0.4 is 26.7 Å². The average Bonchev–Trinajstić information content (AvgIpc) is 2.78. The summed E-state index contributed by atoms with van der Waals surface area (Å²) in [5.74, 6) is -0.383.